The largest absolute Gasteiger partial charge is 0.478 e. The molecule has 32 heavy (non-hydrogen) atoms. The maximum Gasteiger partial charge on any atom is 0.335 e. The average Bonchev–Trinajstić information content (AvgIpc) is 2.80. The van der Waals surface area contributed by atoms with Gasteiger partial charge >= 0.3 is 11.9 Å². The minimum absolute atomic E-state index is 0.0564. The van der Waals surface area contributed by atoms with Crippen molar-refractivity contribution in [1.82, 2.24) is 0 Å². The summed E-state index contributed by atoms with van der Waals surface area (Å²) in [6.07, 6.45) is -4.13. The number of hydrogen-bond donors (Lipinski definition) is 8. The molecule has 2 aromatic rings. The van der Waals surface area contributed by atoms with Gasteiger partial charge in [-0.15, -0.1) is 0 Å². The molecule has 0 fully saturated rings. The molecule has 0 bridgehead atoms. The molecule has 0 aromatic heterocycles. The lowest BCUT2D eigenvalue weighted by Gasteiger charge is -2.21. The molecule has 0 aliphatic heterocycles. The quantitative estimate of drug-likeness (QED) is 0.172. The molecule has 170 valence electrons. The summed E-state index contributed by atoms with van der Waals surface area (Å²) in [4.78, 5) is 21.8. The zero-order valence-corrected chi connectivity index (χ0v) is 16.5. The van der Waals surface area contributed by atoms with Crippen molar-refractivity contribution in [3.05, 3.63) is 59.7 Å². The molecule has 0 aliphatic rings. The highest BCUT2D eigenvalue weighted by Gasteiger charge is 2.28. The Bertz CT molecular complexity index is 976. The van der Waals surface area contributed by atoms with E-state index in [1.165, 1.54) is 48.5 Å². The zero-order valence-electron chi connectivity index (χ0n) is 16.5. The summed E-state index contributed by atoms with van der Waals surface area (Å²) in [6, 6.07) is 11.1. The van der Waals surface area contributed by atoms with Gasteiger partial charge in [0.25, 0.3) is 0 Å². The van der Waals surface area contributed by atoms with Gasteiger partial charge in [-0.2, -0.15) is 10.2 Å². The lowest BCUT2D eigenvalue weighted by Crippen LogP contribution is -2.44. The Hall–Kier alpha value is -3.84. The second kappa shape index (κ2) is 11.5. The van der Waals surface area contributed by atoms with Gasteiger partial charge in [-0.05, 0) is 48.5 Å². The molecule has 0 heterocycles. The number of carboxylic acids is 2. The van der Waals surface area contributed by atoms with Gasteiger partial charge in [-0.25, -0.2) is 9.59 Å². The Morgan fingerprint density at radius 1 is 0.844 bits per heavy atom. The number of aliphatic hydroxyl groups is 4. The SMILES string of the molecule is O=C(O)c1ccc(NN=C(/C=N/Nc2ccc(C(=O)O)cc2)[C@@H](O)[C@H](O)[C@H](O)CO)cc1. The topological polar surface area (TPSA) is 204 Å². The van der Waals surface area contributed by atoms with Crippen LogP contribution < -0.4 is 10.9 Å². The van der Waals surface area contributed by atoms with Gasteiger partial charge in [0.2, 0.25) is 0 Å². The van der Waals surface area contributed by atoms with Crippen molar-refractivity contribution in [2.24, 2.45) is 10.2 Å². The van der Waals surface area contributed by atoms with Crippen LogP contribution in [0.5, 0.6) is 0 Å². The molecule has 12 nitrogen and oxygen atoms in total. The molecule has 2 rings (SSSR count). The monoisotopic (exact) mass is 446 g/mol. The number of nitrogens with one attached hydrogen (secondary N) is 2. The van der Waals surface area contributed by atoms with E-state index in [1.54, 1.807) is 0 Å². The Kier molecular flexibility index (Phi) is 8.80. The highest BCUT2D eigenvalue weighted by atomic mass is 16.4. The Morgan fingerprint density at radius 3 is 1.75 bits per heavy atom. The molecular weight excluding hydrogens is 424 g/mol. The lowest BCUT2D eigenvalue weighted by molar-refractivity contribution is -0.0548. The molecule has 2 aromatic carbocycles. The fourth-order valence-corrected chi connectivity index (χ4v) is 2.34. The second-order valence-corrected chi connectivity index (χ2v) is 6.47. The van der Waals surface area contributed by atoms with E-state index < -0.39 is 36.9 Å². The Morgan fingerprint density at radius 2 is 1.31 bits per heavy atom. The van der Waals surface area contributed by atoms with Crippen molar-refractivity contribution < 1.29 is 40.2 Å². The third kappa shape index (κ3) is 6.85. The van der Waals surface area contributed by atoms with Gasteiger partial charge in [0.1, 0.15) is 24.0 Å². The molecule has 0 aliphatic carbocycles. The van der Waals surface area contributed by atoms with E-state index in [4.69, 9.17) is 15.3 Å². The van der Waals surface area contributed by atoms with Gasteiger partial charge in [0.05, 0.1) is 35.3 Å². The molecular formula is C20H22N4O8. The van der Waals surface area contributed by atoms with Crippen molar-refractivity contribution >= 4 is 35.2 Å². The standard InChI is InChI=1S/C20H22N4O8/c25-10-16(26)18(28)17(27)15(24-23-14-7-3-12(4-8-14)20(31)32)9-21-22-13-5-1-11(2-6-13)19(29)30/h1-9,16-18,22-23,25-28H,10H2,(H,29,30)(H,31,32)/b21-9+,24-15?/t16-,17-,18-/m1/s1. The van der Waals surface area contributed by atoms with E-state index in [2.05, 4.69) is 21.1 Å². The van der Waals surface area contributed by atoms with Crippen LogP contribution in [-0.2, 0) is 0 Å². The van der Waals surface area contributed by atoms with Crippen molar-refractivity contribution in [1.29, 1.82) is 0 Å². The van der Waals surface area contributed by atoms with Crippen LogP contribution in [0.25, 0.3) is 0 Å². The summed E-state index contributed by atoms with van der Waals surface area (Å²) in [6.45, 7) is -0.805. The van der Waals surface area contributed by atoms with E-state index in [9.17, 15) is 24.9 Å². The predicted octanol–water partition coefficient (Wildman–Crippen LogP) is 0.0238. The van der Waals surface area contributed by atoms with Gasteiger partial charge in [0, 0.05) is 0 Å². The minimum Gasteiger partial charge on any atom is -0.478 e. The molecule has 0 saturated heterocycles. The first kappa shape index (κ1) is 24.4. The number of aliphatic hydroxyl groups excluding tert-OH is 4. The van der Waals surface area contributed by atoms with Crippen molar-refractivity contribution in [3.63, 3.8) is 0 Å². The molecule has 0 spiro atoms. The highest BCUT2D eigenvalue weighted by molar-refractivity contribution is 6.33. The normalized spacial score (nSPS) is 14.6. The number of aromatic carboxylic acids is 2. The Labute approximate surface area is 181 Å². The van der Waals surface area contributed by atoms with Crippen LogP contribution in [0.15, 0.2) is 58.7 Å². The lowest BCUT2D eigenvalue weighted by atomic mass is 10.0. The molecule has 12 heteroatoms. The van der Waals surface area contributed by atoms with Crippen LogP contribution in [0.1, 0.15) is 20.7 Å². The summed E-state index contributed by atoms with van der Waals surface area (Å²) >= 11 is 0. The van der Waals surface area contributed by atoms with Crippen molar-refractivity contribution in [3.8, 4) is 0 Å². The van der Waals surface area contributed by atoms with Crippen molar-refractivity contribution in [2.75, 3.05) is 17.5 Å². The summed E-state index contributed by atoms with van der Waals surface area (Å²) in [5, 5.41) is 64.5. The van der Waals surface area contributed by atoms with E-state index in [0.29, 0.717) is 11.4 Å². The first-order chi connectivity index (χ1) is 15.2. The first-order valence-corrected chi connectivity index (χ1v) is 9.17. The van der Waals surface area contributed by atoms with Crippen LogP contribution >= 0.6 is 0 Å². The number of nitrogens with zero attached hydrogens (tertiary/aromatic N) is 2. The maximum absolute atomic E-state index is 10.9. The van der Waals surface area contributed by atoms with Crippen LogP contribution in [0.3, 0.4) is 0 Å². The van der Waals surface area contributed by atoms with Crippen LogP contribution in [0, 0.1) is 0 Å². The molecule has 0 unspecified atom stereocenters. The van der Waals surface area contributed by atoms with Crippen LogP contribution in [0.4, 0.5) is 11.4 Å². The van der Waals surface area contributed by atoms with E-state index >= 15 is 0 Å². The number of carbonyl (C=O) groups is 2. The number of hydrogen-bond acceptors (Lipinski definition) is 10. The number of hydrazone groups is 2. The molecule has 3 atom stereocenters. The average molecular weight is 446 g/mol. The first-order valence-electron chi connectivity index (χ1n) is 9.17. The highest BCUT2D eigenvalue weighted by Crippen LogP contribution is 2.11. The van der Waals surface area contributed by atoms with E-state index in [-0.39, 0.29) is 16.8 Å². The fraction of sp³-hybridized carbons (Fsp3) is 0.200. The Balaban J connectivity index is 2.18. The maximum atomic E-state index is 10.9. The second-order valence-electron chi connectivity index (χ2n) is 6.47. The van der Waals surface area contributed by atoms with Crippen molar-refractivity contribution in [2.45, 2.75) is 18.3 Å². The van der Waals surface area contributed by atoms with E-state index in [1.807, 2.05) is 0 Å². The number of anilines is 2. The minimum atomic E-state index is -1.78. The van der Waals surface area contributed by atoms with Crippen LogP contribution in [0.2, 0.25) is 0 Å². The van der Waals surface area contributed by atoms with Gasteiger partial charge < -0.3 is 30.6 Å². The van der Waals surface area contributed by atoms with Gasteiger partial charge in [0.15, 0.2) is 0 Å². The summed E-state index contributed by atoms with van der Waals surface area (Å²) < 4.78 is 0. The van der Waals surface area contributed by atoms with Gasteiger partial charge in [-0.1, -0.05) is 0 Å². The third-order valence-electron chi connectivity index (χ3n) is 4.18. The summed E-state index contributed by atoms with van der Waals surface area (Å²) in [7, 11) is 0. The van der Waals surface area contributed by atoms with E-state index in [0.717, 1.165) is 6.21 Å². The molecule has 8 N–H and O–H groups in total. The predicted molar refractivity (Wildman–Crippen MR) is 115 cm³/mol. The third-order valence-corrected chi connectivity index (χ3v) is 4.18. The van der Waals surface area contributed by atoms with Gasteiger partial charge in [-0.3, -0.25) is 10.9 Å². The summed E-state index contributed by atoms with van der Waals surface area (Å²) in [5.74, 6) is -2.19. The molecule has 0 radical (unpaired) electrons. The number of rotatable bonds is 11. The number of carboxylic acid groups (broad SMARTS) is 2. The smallest absolute Gasteiger partial charge is 0.335 e. The number of benzene rings is 2. The molecule has 0 saturated carbocycles. The fourth-order valence-electron chi connectivity index (χ4n) is 2.34. The zero-order chi connectivity index (χ0) is 23.7. The summed E-state index contributed by atoms with van der Waals surface area (Å²) in [5.41, 5.74) is 5.85. The van der Waals surface area contributed by atoms with Crippen LogP contribution in [-0.4, -0.2) is 79.4 Å². The molecule has 0 amide bonds.